The normalized spacial score (nSPS) is 24.0. The molecule has 1 amide bonds. The molecular formula is C18H23ClN6O. The van der Waals surface area contributed by atoms with Crippen LogP contribution in [-0.4, -0.2) is 30.9 Å². The maximum Gasteiger partial charge on any atom is 0.253 e. The summed E-state index contributed by atoms with van der Waals surface area (Å²) in [6, 6.07) is 9.31. The second-order valence-electron chi connectivity index (χ2n) is 6.20. The number of nitrogens with two attached hydrogens (primary N) is 2. The van der Waals surface area contributed by atoms with Crippen LogP contribution < -0.4 is 22.1 Å². The van der Waals surface area contributed by atoms with Crippen molar-refractivity contribution in [1.82, 2.24) is 10.6 Å². The van der Waals surface area contributed by atoms with Crippen molar-refractivity contribution in [3.63, 3.8) is 0 Å². The molecule has 0 heterocycles. The van der Waals surface area contributed by atoms with Crippen LogP contribution in [0.1, 0.15) is 19.3 Å². The Morgan fingerprint density at radius 1 is 1.35 bits per heavy atom. The van der Waals surface area contributed by atoms with Crippen molar-refractivity contribution in [2.45, 2.75) is 31.3 Å². The van der Waals surface area contributed by atoms with Gasteiger partial charge >= 0.3 is 0 Å². The molecule has 6 N–H and O–H groups in total. The number of nitrogens with zero attached hydrogens (tertiary/aromatic N) is 2. The number of carbonyl (C=O) groups excluding carboxylic acids is 1. The first-order valence-electron chi connectivity index (χ1n) is 8.37. The molecule has 1 aliphatic rings. The van der Waals surface area contributed by atoms with E-state index in [0.29, 0.717) is 16.8 Å². The Morgan fingerprint density at radius 2 is 2.04 bits per heavy atom. The average molecular weight is 375 g/mol. The van der Waals surface area contributed by atoms with E-state index in [1.807, 2.05) is 7.05 Å². The second kappa shape index (κ2) is 9.22. The van der Waals surface area contributed by atoms with Crippen LogP contribution >= 0.6 is 11.6 Å². The number of nitriles is 1. The minimum absolute atomic E-state index is 0.00439. The number of halogens is 1. The van der Waals surface area contributed by atoms with Gasteiger partial charge in [-0.2, -0.15) is 5.26 Å². The lowest BCUT2D eigenvalue weighted by Gasteiger charge is -2.32. The molecule has 26 heavy (non-hydrogen) atoms. The molecule has 1 aromatic rings. The number of hydrogen-bond acceptors (Lipinski definition) is 5. The Bertz CT molecular complexity index is 737. The van der Waals surface area contributed by atoms with E-state index in [0.717, 1.165) is 19.3 Å². The number of aliphatic imine (C=N–C) groups is 1. The number of nitrogens with one attached hydrogen (secondary N) is 2. The summed E-state index contributed by atoms with van der Waals surface area (Å²) in [5.41, 5.74) is 12.0. The third-order valence-corrected chi connectivity index (χ3v) is 4.74. The summed E-state index contributed by atoms with van der Waals surface area (Å²) in [5, 5.41) is 16.3. The molecule has 7 nitrogen and oxygen atoms in total. The zero-order chi connectivity index (χ0) is 19.1. The Balaban J connectivity index is 2.14. The number of amides is 1. The topological polar surface area (TPSA) is 129 Å². The van der Waals surface area contributed by atoms with Crippen molar-refractivity contribution in [2.24, 2.45) is 22.4 Å². The molecule has 0 radical (unpaired) electrons. The number of amidine groups is 1. The smallest absolute Gasteiger partial charge is 0.253 e. The highest BCUT2D eigenvalue weighted by Crippen LogP contribution is 2.24. The lowest BCUT2D eigenvalue weighted by molar-refractivity contribution is -0.114. The van der Waals surface area contributed by atoms with E-state index in [4.69, 9.17) is 23.1 Å². The van der Waals surface area contributed by atoms with Crippen molar-refractivity contribution in [3.05, 3.63) is 41.1 Å². The molecule has 1 aliphatic carbocycles. The molecule has 1 aromatic carbocycles. The second-order valence-corrected chi connectivity index (χ2v) is 6.64. The molecule has 8 heteroatoms. The minimum Gasteiger partial charge on any atom is -0.386 e. The average Bonchev–Trinajstić information content (AvgIpc) is 2.63. The number of benzene rings is 1. The Morgan fingerprint density at radius 3 is 2.62 bits per heavy atom. The van der Waals surface area contributed by atoms with E-state index in [1.165, 1.54) is 6.20 Å². The first-order valence-corrected chi connectivity index (χ1v) is 8.75. The Hall–Kier alpha value is -2.56. The van der Waals surface area contributed by atoms with Gasteiger partial charge in [-0.1, -0.05) is 11.6 Å². The van der Waals surface area contributed by atoms with Crippen molar-refractivity contribution in [1.29, 1.82) is 5.26 Å². The summed E-state index contributed by atoms with van der Waals surface area (Å²) >= 11 is 5.84. The van der Waals surface area contributed by atoms with Crippen LogP contribution in [0.5, 0.6) is 0 Å². The predicted octanol–water partition coefficient (Wildman–Crippen LogP) is 1.57. The molecule has 138 valence electrons. The summed E-state index contributed by atoms with van der Waals surface area (Å²) in [6.45, 7) is 0. The van der Waals surface area contributed by atoms with E-state index < -0.39 is 5.91 Å². The molecule has 1 saturated carbocycles. The maximum absolute atomic E-state index is 11.8. The fourth-order valence-corrected chi connectivity index (χ4v) is 3.08. The van der Waals surface area contributed by atoms with Crippen LogP contribution in [0.25, 0.3) is 0 Å². The first kappa shape index (κ1) is 19.8. The van der Waals surface area contributed by atoms with Crippen molar-refractivity contribution in [2.75, 3.05) is 7.05 Å². The first-order chi connectivity index (χ1) is 12.4. The summed E-state index contributed by atoms with van der Waals surface area (Å²) < 4.78 is 0. The van der Waals surface area contributed by atoms with E-state index in [9.17, 15) is 10.1 Å². The number of rotatable bonds is 6. The minimum atomic E-state index is -0.690. The van der Waals surface area contributed by atoms with E-state index in [1.54, 1.807) is 24.3 Å². The zero-order valence-corrected chi connectivity index (χ0v) is 15.3. The highest BCUT2D eigenvalue weighted by Gasteiger charge is 2.29. The highest BCUT2D eigenvalue weighted by molar-refractivity contribution is 6.30. The molecule has 3 atom stereocenters. The van der Waals surface area contributed by atoms with E-state index in [-0.39, 0.29) is 23.4 Å². The monoisotopic (exact) mass is 374 g/mol. The van der Waals surface area contributed by atoms with Crippen LogP contribution in [0, 0.1) is 17.2 Å². The molecule has 0 spiro atoms. The SMILES string of the molecule is CN[C@@H]1CC[C@H](N/C=C(/C(N)=O)C(N)=Nc2ccc(Cl)cc2)C(C#N)C1. The maximum atomic E-state index is 11.8. The van der Waals surface area contributed by atoms with Gasteiger partial charge in [0, 0.05) is 23.3 Å². The third kappa shape index (κ3) is 5.22. The summed E-state index contributed by atoms with van der Waals surface area (Å²) in [4.78, 5) is 16.0. The van der Waals surface area contributed by atoms with Crippen LogP contribution in [0.3, 0.4) is 0 Å². The van der Waals surface area contributed by atoms with Gasteiger partial charge in [-0.05, 0) is 50.6 Å². The Labute approximate surface area is 158 Å². The van der Waals surface area contributed by atoms with Crippen molar-refractivity contribution < 1.29 is 4.79 Å². The van der Waals surface area contributed by atoms with Gasteiger partial charge in [-0.15, -0.1) is 0 Å². The largest absolute Gasteiger partial charge is 0.386 e. The summed E-state index contributed by atoms with van der Waals surface area (Å²) in [7, 11) is 1.89. The summed E-state index contributed by atoms with van der Waals surface area (Å²) in [6.07, 6.45) is 3.96. The van der Waals surface area contributed by atoms with E-state index >= 15 is 0 Å². The van der Waals surface area contributed by atoms with Crippen LogP contribution in [0.4, 0.5) is 5.69 Å². The van der Waals surface area contributed by atoms with Gasteiger partial charge in [0.15, 0.2) is 0 Å². The van der Waals surface area contributed by atoms with Gasteiger partial charge in [-0.3, -0.25) is 4.79 Å². The van der Waals surface area contributed by atoms with Gasteiger partial charge in [-0.25, -0.2) is 4.99 Å². The van der Waals surface area contributed by atoms with Gasteiger partial charge in [0.2, 0.25) is 0 Å². The molecule has 0 bridgehead atoms. The zero-order valence-electron chi connectivity index (χ0n) is 14.6. The van der Waals surface area contributed by atoms with E-state index in [2.05, 4.69) is 21.7 Å². The lowest BCUT2D eigenvalue weighted by Crippen LogP contribution is -2.43. The molecule has 0 saturated heterocycles. The molecular weight excluding hydrogens is 352 g/mol. The predicted molar refractivity (Wildman–Crippen MR) is 103 cm³/mol. The molecule has 0 aromatic heterocycles. The molecule has 1 unspecified atom stereocenters. The Kier molecular flexibility index (Phi) is 7.01. The number of hydrogen-bond donors (Lipinski definition) is 4. The number of carbonyl (C=O) groups is 1. The fraction of sp³-hybridized carbons (Fsp3) is 0.389. The number of primary amides is 1. The quantitative estimate of drug-likeness (QED) is 0.341. The third-order valence-electron chi connectivity index (χ3n) is 4.48. The van der Waals surface area contributed by atoms with Gasteiger partial charge < -0.3 is 22.1 Å². The lowest BCUT2D eigenvalue weighted by atomic mass is 9.82. The molecule has 1 fully saturated rings. The van der Waals surface area contributed by atoms with Crippen LogP contribution in [-0.2, 0) is 4.79 Å². The van der Waals surface area contributed by atoms with Crippen LogP contribution in [0.15, 0.2) is 41.0 Å². The molecule has 0 aliphatic heterocycles. The van der Waals surface area contributed by atoms with Crippen molar-refractivity contribution >= 4 is 29.0 Å². The standard InChI is InChI=1S/C18H23ClN6O/c1-23-14-6-7-16(11(8-14)9-20)24-10-15(18(22)26)17(21)25-13-4-2-12(19)3-5-13/h2-5,10-11,14,16,23-24H,6-8H2,1H3,(H2,21,25)(H2,22,26)/b15-10+/t11?,14-,16+/m1/s1. The molecule has 2 rings (SSSR count). The van der Waals surface area contributed by atoms with Gasteiger partial charge in [0.1, 0.15) is 5.84 Å². The van der Waals surface area contributed by atoms with Crippen molar-refractivity contribution in [3.8, 4) is 6.07 Å². The van der Waals surface area contributed by atoms with Crippen LogP contribution in [0.2, 0.25) is 5.02 Å². The van der Waals surface area contributed by atoms with Gasteiger partial charge in [0.05, 0.1) is 23.2 Å². The van der Waals surface area contributed by atoms with Gasteiger partial charge in [0.25, 0.3) is 5.91 Å². The fourth-order valence-electron chi connectivity index (χ4n) is 2.95. The highest BCUT2D eigenvalue weighted by atomic mass is 35.5. The summed E-state index contributed by atoms with van der Waals surface area (Å²) in [5.74, 6) is -0.851.